The Hall–Kier alpha value is -3.20. The molecular formula is C25H30N4O4S. The average Bonchev–Trinajstić information content (AvgIpc) is 3.35. The maximum atomic E-state index is 13.4. The summed E-state index contributed by atoms with van der Waals surface area (Å²) in [5.74, 6) is -0.143. The standard InChI is InChI=1S/C25H30N4O4S/c1-3-16-6-10-19(11-7-16)27-21(30)15-28-20-12-13-34-22(20)24(32)29(25(28)33)14-17-4-8-18(9-5-17)23(31)26-2/h6-7,10-13,17-18H,3-5,8-9,14-15H2,1-2H3,(H,26,31)(H,27,30). The zero-order valence-electron chi connectivity index (χ0n) is 19.5. The minimum Gasteiger partial charge on any atom is -0.359 e. The molecule has 34 heavy (non-hydrogen) atoms. The second-order valence-electron chi connectivity index (χ2n) is 8.85. The quantitative estimate of drug-likeness (QED) is 0.540. The first kappa shape index (κ1) is 23.9. The lowest BCUT2D eigenvalue weighted by Gasteiger charge is -2.27. The molecule has 1 aliphatic carbocycles. The number of fused-ring (bicyclic) bond motifs is 1. The predicted molar refractivity (Wildman–Crippen MR) is 134 cm³/mol. The van der Waals surface area contributed by atoms with Crippen molar-refractivity contribution in [1.82, 2.24) is 14.5 Å². The Kier molecular flexibility index (Phi) is 7.31. The minimum atomic E-state index is -0.471. The Bertz CT molecular complexity index is 1300. The van der Waals surface area contributed by atoms with Gasteiger partial charge < -0.3 is 10.6 Å². The Morgan fingerprint density at radius 2 is 1.74 bits per heavy atom. The van der Waals surface area contributed by atoms with E-state index < -0.39 is 5.69 Å². The van der Waals surface area contributed by atoms with E-state index in [-0.39, 0.29) is 35.8 Å². The fourth-order valence-electron chi connectivity index (χ4n) is 4.68. The van der Waals surface area contributed by atoms with Gasteiger partial charge in [-0.15, -0.1) is 11.3 Å². The first-order valence-corrected chi connectivity index (χ1v) is 12.6. The normalized spacial score (nSPS) is 18.1. The minimum absolute atomic E-state index is 0.00973. The molecule has 3 aromatic rings. The number of anilines is 1. The third-order valence-corrected chi connectivity index (χ3v) is 7.58. The van der Waals surface area contributed by atoms with Crippen molar-refractivity contribution in [2.75, 3.05) is 12.4 Å². The van der Waals surface area contributed by atoms with Crippen LogP contribution in [0.2, 0.25) is 0 Å². The van der Waals surface area contributed by atoms with Crippen molar-refractivity contribution < 1.29 is 9.59 Å². The van der Waals surface area contributed by atoms with Crippen molar-refractivity contribution >= 4 is 39.1 Å². The molecule has 1 fully saturated rings. The lowest BCUT2D eigenvalue weighted by molar-refractivity contribution is -0.125. The third-order valence-electron chi connectivity index (χ3n) is 6.69. The topological polar surface area (TPSA) is 102 Å². The lowest BCUT2D eigenvalue weighted by atomic mass is 9.81. The van der Waals surface area contributed by atoms with E-state index in [1.807, 2.05) is 24.3 Å². The lowest BCUT2D eigenvalue weighted by Crippen LogP contribution is -2.43. The summed E-state index contributed by atoms with van der Waals surface area (Å²) in [6.45, 7) is 2.19. The van der Waals surface area contributed by atoms with Gasteiger partial charge in [-0.05, 0) is 67.2 Å². The van der Waals surface area contributed by atoms with Gasteiger partial charge in [-0.25, -0.2) is 4.79 Å². The third kappa shape index (κ3) is 4.99. The fraction of sp³-hybridized carbons (Fsp3) is 0.440. The zero-order chi connectivity index (χ0) is 24.2. The molecule has 9 heteroatoms. The molecule has 0 spiro atoms. The number of carbonyl (C=O) groups is 2. The van der Waals surface area contributed by atoms with Gasteiger partial charge in [0.25, 0.3) is 5.56 Å². The molecule has 1 saturated carbocycles. The van der Waals surface area contributed by atoms with Crippen LogP contribution in [0.4, 0.5) is 5.69 Å². The molecule has 180 valence electrons. The number of thiophene rings is 1. The van der Waals surface area contributed by atoms with Gasteiger partial charge in [0.2, 0.25) is 11.8 Å². The summed E-state index contributed by atoms with van der Waals surface area (Å²) < 4.78 is 3.13. The van der Waals surface area contributed by atoms with Gasteiger partial charge in [-0.3, -0.25) is 23.5 Å². The van der Waals surface area contributed by atoms with Gasteiger partial charge in [0.05, 0.1) is 5.52 Å². The van der Waals surface area contributed by atoms with E-state index in [2.05, 4.69) is 17.6 Å². The van der Waals surface area contributed by atoms with E-state index >= 15 is 0 Å². The van der Waals surface area contributed by atoms with Crippen LogP contribution in [-0.2, 0) is 29.1 Å². The van der Waals surface area contributed by atoms with E-state index in [9.17, 15) is 19.2 Å². The second kappa shape index (κ2) is 10.4. The molecule has 0 radical (unpaired) electrons. The van der Waals surface area contributed by atoms with Gasteiger partial charge in [0.1, 0.15) is 11.2 Å². The summed E-state index contributed by atoms with van der Waals surface area (Å²) in [5, 5.41) is 7.31. The van der Waals surface area contributed by atoms with Crippen LogP contribution in [-0.4, -0.2) is 28.0 Å². The van der Waals surface area contributed by atoms with Crippen LogP contribution in [0.1, 0.15) is 38.2 Å². The number of benzene rings is 1. The summed E-state index contributed by atoms with van der Waals surface area (Å²) in [7, 11) is 1.64. The predicted octanol–water partition coefficient (Wildman–Crippen LogP) is 2.98. The molecule has 2 aromatic heterocycles. The summed E-state index contributed by atoms with van der Waals surface area (Å²) in [6, 6.07) is 9.31. The Balaban J connectivity index is 1.55. The Morgan fingerprint density at radius 1 is 1.03 bits per heavy atom. The van der Waals surface area contributed by atoms with Crippen LogP contribution in [0.3, 0.4) is 0 Å². The monoisotopic (exact) mass is 482 g/mol. The Morgan fingerprint density at radius 3 is 2.38 bits per heavy atom. The largest absolute Gasteiger partial charge is 0.359 e. The number of rotatable bonds is 7. The van der Waals surface area contributed by atoms with Crippen LogP contribution in [0.5, 0.6) is 0 Å². The molecule has 1 aromatic carbocycles. The van der Waals surface area contributed by atoms with Gasteiger partial charge in [0, 0.05) is 25.2 Å². The van der Waals surface area contributed by atoms with Crippen molar-refractivity contribution in [3.8, 4) is 0 Å². The number of nitrogens with one attached hydrogen (secondary N) is 2. The molecule has 1 aliphatic rings. The van der Waals surface area contributed by atoms with Crippen molar-refractivity contribution in [2.45, 2.75) is 52.1 Å². The van der Waals surface area contributed by atoms with Crippen molar-refractivity contribution in [2.24, 2.45) is 11.8 Å². The van der Waals surface area contributed by atoms with Crippen LogP contribution in [0.15, 0.2) is 45.3 Å². The van der Waals surface area contributed by atoms with Crippen molar-refractivity contribution in [3.05, 3.63) is 62.1 Å². The molecule has 0 saturated heterocycles. The molecule has 4 rings (SSSR count). The van der Waals surface area contributed by atoms with Gasteiger partial charge in [0.15, 0.2) is 0 Å². The van der Waals surface area contributed by atoms with Gasteiger partial charge >= 0.3 is 5.69 Å². The highest BCUT2D eigenvalue weighted by molar-refractivity contribution is 7.17. The average molecular weight is 483 g/mol. The van der Waals surface area contributed by atoms with Crippen LogP contribution >= 0.6 is 11.3 Å². The number of aromatic nitrogens is 2. The highest BCUT2D eigenvalue weighted by atomic mass is 32.1. The maximum absolute atomic E-state index is 13.4. The number of hydrogen-bond donors (Lipinski definition) is 2. The molecule has 2 N–H and O–H groups in total. The number of carbonyl (C=O) groups excluding carboxylic acids is 2. The van der Waals surface area contributed by atoms with Gasteiger partial charge in [-0.2, -0.15) is 0 Å². The van der Waals surface area contributed by atoms with Crippen LogP contribution in [0.25, 0.3) is 10.2 Å². The van der Waals surface area contributed by atoms with Crippen molar-refractivity contribution in [1.29, 1.82) is 0 Å². The zero-order valence-corrected chi connectivity index (χ0v) is 20.3. The molecular weight excluding hydrogens is 452 g/mol. The van der Waals surface area contributed by atoms with Crippen LogP contribution in [0, 0.1) is 11.8 Å². The van der Waals surface area contributed by atoms with Crippen molar-refractivity contribution in [3.63, 3.8) is 0 Å². The summed E-state index contributed by atoms with van der Waals surface area (Å²) >= 11 is 1.28. The van der Waals surface area contributed by atoms with E-state index in [1.54, 1.807) is 18.5 Å². The van der Waals surface area contributed by atoms with Gasteiger partial charge in [-0.1, -0.05) is 19.1 Å². The molecule has 0 aliphatic heterocycles. The summed E-state index contributed by atoms with van der Waals surface area (Å²) in [4.78, 5) is 51.1. The fourth-order valence-corrected chi connectivity index (χ4v) is 5.53. The number of nitrogens with zero attached hydrogens (tertiary/aromatic N) is 2. The van der Waals surface area contributed by atoms with E-state index in [1.165, 1.54) is 26.0 Å². The number of aryl methyl sites for hydroxylation is 1. The molecule has 0 unspecified atom stereocenters. The van der Waals surface area contributed by atoms with E-state index in [0.29, 0.717) is 22.4 Å². The highest BCUT2D eigenvalue weighted by Gasteiger charge is 2.27. The van der Waals surface area contributed by atoms with Crippen LogP contribution < -0.4 is 21.9 Å². The molecule has 8 nitrogen and oxygen atoms in total. The highest BCUT2D eigenvalue weighted by Crippen LogP contribution is 2.29. The second-order valence-corrected chi connectivity index (χ2v) is 9.77. The number of hydrogen-bond acceptors (Lipinski definition) is 5. The molecule has 2 heterocycles. The first-order valence-electron chi connectivity index (χ1n) is 11.7. The Labute approximate surface area is 201 Å². The number of amides is 2. The SMILES string of the molecule is CCc1ccc(NC(=O)Cn2c(=O)n(CC3CCC(C(=O)NC)CC3)c(=O)c3sccc32)cc1. The first-order chi connectivity index (χ1) is 16.4. The van der Waals surface area contributed by atoms with E-state index in [4.69, 9.17) is 0 Å². The summed E-state index contributed by atoms with van der Waals surface area (Å²) in [6.07, 6.45) is 3.96. The van der Waals surface area contributed by atoms with E-state index in [0.717, 1.165) is 32.1 Å². The molecule has 0 atom stereocenters. The molecule has 2 amide bonds. The maximum Gasteiger partial charge on any atom is 0.332 e. The summed E-state index contributed by atoms with van der Waals surface area (Å²) in [5.41, 5.74) is 1.54. The molecule has 0 bridgehead atoms. The smallest absolute Gasteiger partial charge is 0.332 e.